The van der Waals surface area contributed by atoms with E-state index in [0.29, 0.717) is 43.7 Å². The molecule has 1 aromatic rings. The van der Waals surface area contributed by atoms with Crippen LogP contribution in [0.3, 0.4) is 0 Å². The molecule has 10 heteroatoms. The Morgan fingerprint density at radius 3 is 2.84 bits per heavy atom. The second-order valence-electron chi connectivity index (χ2n) is 10.4. The van der Waals surface area contributed by atoms with Crippen LogP contribution < -0.4 is 16.0 Å². The lowest BCUT2D eigenvalue weighted by Crippen LogP contribution is -2.50. The van der Waals surface area contributed by atoms with Gasteiger partial charge < -0.3 is 35.1 Å². The smallest absolute Gasteiger partial charge is 0.406 e. The molecule has 3 amide bonds. The van der Waals surface area contributed by atoms with Gasteiger partial charge in [0.15, 0.2) is 0 Å². The lowest BCUT2D eigenvalue weighted by molar-refractivity contribution is -0.00884. The zero-order chi connectivity index (χ0) is 27.3. The molecular formula is C28H45ClN4O5. The van der Waals surface area contributed by atoms with Gasteiger partial charge in [-0.1, -0.05) is 24.1 Å². The van der Waals surface area contributed by atoms with Gasteiger partial charge in [-0.25, -0.2) is 9.59 Å². The molecule has 2 fully saturated rings. The highest BCUT2D eigenvalue weighted by atomic mass is 35.5. The van der Waals surface area contributed by atoms with Crippen LogP contribution in [0.15, 0.2) is 18.2 Å². The molecule has 3 rings (SSSR count). The highest BCUT2D eigenvalue weighted by Crippen LogP contribution is 2.35. The van der Waals surface area contributed by atoms with Gasteiger partial charge in [-0.05, 0) is 75.3 Å². The van der Waals surface area contributed by atoms with E-state index in [1.165, 1.54) is 20.0 Å². The van der Waals surface area contributed by atoms with Crippen molar-refractivity contribution in [3.05, 3.63) is 34.3 Å². The Kier molecular flexibility index (Phi) is 12.9. The van der Waals surface area contributed by atoms with Gasteiger partial charge in [-0.2, -0.15) is 0 Å². The van der Waals surface area contributed by atoms with E-state index in [1.54, 1.807) is 0 Å². The molecule has 0 spiro atoms. The summed E-state index contributed by atoms with van der Waals surface area (Å²) in [6.07, 6.45) is 5.60. The van der Waals surface area contributed by atoms with Crippen molar-refractivity contribution in [2.24, 2.45) is 11.8 Å². The Balaban J connectivity index is 1.59. The van der Waals surface area contributed by atoms with Crippen LogP contribution in [0, 0.1) is 18.8 Å². The number of nitrogens with one attached hydrogen (secondary N) is 3. The van der Waals surface area contributed by atoms with Gasteiger partial charge in [0, 0.05) is 56.4 Å². The molecule has 0 aromatic heterocycles. The van der Waals surface area contributed by atoms with Crippen molar-refractivity contribution in [3.8, 4) is 0 Å². The van der Waals surface area contributed by atoms with Gasteiger partial charge in [0.1, 0.15) is 0 Å². The van der Waals surface area contributed by atoms with Gasteiger partial charge in [-0.15, -0.1) is 0 Å². The number of ether oxygens (including phenoxy) is 3. The fourth-order valence-corrected chi connectivity index (χ4v) is 5.62. The molecule has 2 saturated heterocycles. The molecule has 4 atom stereocenters. The summed E-state index contributed by atoms with van der Waals surface area (Å²) in [4.78, 5) is 26.5. The fourth-order valence-electron chi connectivity index (χ4n) is 5.43. The molecule has 1 aromatic carbocycles. The zero-order valence-electron chi connectivity index (χ0n) is 23.1. The lowest BCUT2D eigenvalue weighted by Gasteiger charge is -2.38. The minimum Gasteiger partial charge on any atom is -0.453 e. The molecule has 2 heterocycles. The molecule has 3 N–H and O–H groups in total. The largest absolute Gasteiger partial charge is 0.453 e. The van der Waals surface area contributed by atoms with Crippen molar-refractivity contribution >= 4 is 23.7 Å². The Labute approximate surface area is 232 Å². The zero-order valence-corrected chi connectivity index (χ0v) is 23.9. The molecule has 0 saturated carbocycles. The quantitative estimate of drug-likeness (QED) is 0.354. The predicted octanol–water partition coefficient (Wildman–Crippen LogP) is 4.28. The summed E-state index contributed by atoms with van der Waals surface area (Å²) in [5.74, 6) is 0.631. The molecular weight excluding hydrogens is 508 g/mol. The third kappa shape index (κ3) is 9.59. The first kappa shape index (κ1) is 30.5. The molecule has 2 aliphatic heterocycles. The van der Waals surface area contributed by atoms with Crippen molar-refractivity contribution in [2.75, 3.05) is 60.2 Å². The van der Waals surface area contributed by atoms with Gasteiger partial charge in [0.25, 0.3) is 0 Å². The topological polar surface area (TPSA) is 101 Å². The molecule has 2 aliphatic rings. The van der Waals surface area contributed by atoms with Crippen LogP contribution in [0.5, 0.6) is 0 Å². The average Bonchev–Trinajstić information content (AvgIpc) is 3.21. The third-order valence-corrected chi connectivity index (χ3v) is 7.84. The van der Waals surface area contributed by atoms with Crippen LogP contribution in [0.25, 0.3) is 0 Å². The van der Waals surface area contributed by atoms with Crippen LogP contribution >= 0.6 is 11.6 Å². The second-order valence-corrected chi connectivity index (χ2v) is 10.8. The SMILES string of the molecule is CN[C@@H](CNC(=O)N1CCC[C@@H](C(OCCNC(=O)OC)c2cc(Cl)ccc2C)C1)C[C@H]1CCCCOC1. The van der Waals surface area contributed by atoms with Crippen LogP contribution in [0.2, 0.25) is 5.02 Å². The second kappa shape index (κ2) is 16.1. The monoisotopic (exact) mass is 552 g/mol. The summed E-state index contributed by atoms with van der Waals surface area (Å²) >= 11 is 6.35. The fraction of sp³-hybridized carbons (Fsp3) is 0.714. The van der Waals surface area contributed by atoms with Gasteiger partial charge in [-0.3, -0.25) is 0 Å². The maximum atomic E-state index is 13.2. The average molecular weight is 553 g/mol. The number of carbonyl (C=O) groups is 2. The number of nitrogens with zero attached hydrogens (tertiary/aromatic N) is 1. The van der Waals surface area contributed by atoms with E-state index in [1.807, 2.05) is 37.1 Å². The number of urea groups is 1. The number of carbonyl (C=O) groups excluding carboxylic acids is 2. The molecule has 9 nitrogen and oxygen atoms in total. The number of hydrogen-bond acceptors (Lipinski definition) is 6. The molecule has 214 valence electrons. The molecule has 0 aliphatic carbocycles. The number of halogens is 1. The number of alkyl carbamates (subject to hydrolysis) is 1. The third-order valence-electron chi connectivity index (χ3n) is 7.61. The number of rotatable bonds is 11. The lowest BCUT2D eigenvalue weighted by atomic mass is 9.86. The Hall–Kier alpha value is -2.07. The summed E-state index contributed by atoms with van der Waals surface area (Å²) in [7, 11) is 3.29. The Bertz CT molecular complexity index is 881. The number of likely N-dealkylation sites (N-methyl/N-ethyl adjacent to an activating group) is 1. The van der Waals surface area contributed by atoms with E-state index in [2.05, 4.69) is 20.7 Å². The number of amides is 3. The van der Waals surface area contributed by atoms with Crippen LogP contribution in [-0.4, -0.2) is 83.2 Å². The van der Waals surface area contributed by atoms with Crippen molar-refractivity contribution in [2.45, 2.75) is 57.6 Å². The maximum absolute atomic E-state index is 13.2. The Morgan fingerprint density at radius 1 is 1.21 bits per heavy atom. The summed E-state index contributed by atoms with van der Waals surface area (Å²) in [5, 5.41) is 9.84. The van der Waals surface area contributed by atoms with E-state index in [0.717, 1.165) is 50.0 Å². The normalized spacial score (nSPS) is 21.7. The van der Waals surface area contributed by atoms with Crippen molar-refractivity contribution < 1.29 is 23.8 Å². The van der Waals surface area contributed by atoms with Crippen molar-refractivity contribution in [1.29, 1.82) is 0 Å². The van der Waals surface area contributed by atoms with E-state index in [9.17, 15) is 9.59 Å². The Morgan fingerprint density at radius 2 is 2.05 bits per heavy atom. The van der Waals surface area contributed by atoms with E-state index in [4.69, 9.17) is 21.1 Å². The number of aryl methyl sites for hydroxylation is 1. The first-order chi connectivity index (χ1) is 18.4. The first-order valence-corrected chi connectivity index (χ1v) is 14.3. The minimum atomic E-state index is -0.490. The van der Waals surface area contributed by atoms with Crippen LogP contribution in [0.1, 0.15) is 55.8 Å². The summed E-state index contributed by atoms with van der Waals surface area (Å²) in [5.41, 5.74) is 2.10. The summed E-state index contributed by atoms with van der Waals surface area (Å²) < 4.78 is 16.7. The number of likely N-dealkylation sites (tertiary alicyclic amines) is 1. The van der Waals surface area contributed by atoms with Crippen LogP contribution in [0.4, 0.5) is 9.59 Å². The standard InChI is InChI=1S/C28H45ClN4O5/c1-20-9-10-23(29)16-25(20)26(38-14-11-31-28(35)36-3)22-8-6-12-33(18-22)27(34)32-17-24(30-2)15-21-7-4-5-13-37-19-21/h9-10,16,21-22,24,26,30H,4-8,11-15,17-19H2,1-3H3,(H,31,35)(H,32,34)/t21-,22-,24-,26?/m1/s1. The van der Waals surface area contributed by atoms with Crippen LogP contribution in [-0.2, 0) is 14.2 Å². The molecule has 1 unspecified atom stereocenters. The predicted molar refractivity (Wildman–Crippen MR) is 149 cm³/mol. The summed E-state index contributed by atoms with van der Waals surface area (Å²) in [6, 6.07) is 5.98. The molecule has 38 heavy (non-hydrogen) atoms. The highest BCUT2D eigenvalue weighted by molar-refractivity contribution is 6.30. The first-order valence-electron chi connectivity index (χ1n) is 13.9. The van der Waals surface area contributed by atoms with E-state index >= 15 is 0 Å². The van der Waals surface area contributed by atoms with Crippen molar-refractivity contribution in [3.63, 3.8) is 0 Å². The van der Waals surface area contributed by atoms with E-state index < -0.39 is 6.09 Å². The number of hydrogen-bond donors (Lipinski definition) is 3. The van der Waals surface area contributed by atoms with Gasteiger partial charge >= 0.3 is 12.1 Å². The van der Waals surface area contributed by atoms with Gasteiger partial charge in [0.05, 0.1) is 19.8 Å². The number of methoxy groups -OCH3 is 1. The molecule has 0 radical (unpaired) electrons. The number of piperidine rings is 1. The number of benzene rings is 1. The molecule has 0 bridgehead atoms. The van der Waals surface area contributed by atoms with Crippen molar-refractivity contribution in [1.82, 2.24) is 20.9 Å². The minimum absolute atomic E-state index is 0.0407. The van der Waals surface area contributed by atoms with E-state index in [-0.39, 0.29) is 24.1 Å². The van der Waals surface area contributed by atoms with Gasteiger partial charge in [0.2, 0.25) is 0 Å². The highest BCUT2D eigenvalue weighted by Gasteiger charge is 2.32. The summed E-state index contributed by atoms with van der Waals surface area (Å²) in [6.45, 7) is 6.25. The maximum Gasteiger partial charge on any atom is 0.406 e.